The van der Waals surface area contributed by atoms with Gasteiger partial charge >= 0.3 is 0 Å². The van der Waals surface area contributed by atoms with Gasteiger partial charge in [-0.2, -0.15) is 0 Å². The van der Waals surface area contributed by atoms with Gasteiger partial charge in [0.1, 0.15) is 0 Å². The van der Waals surface area contributed by atoms with Gasteiger partial charge in [-0.3, -0.25) is 0 Å². The maximum absolute atomic E-state index is 7.36. The van der Waals surface area contributed by atoms with Crippen molar-refractivity contribution in [2.24, 2.45) is 0 Å². The van der Waals surface area contributed by atoms with Gasteiger partial charge in [-0.15, -0.1) is 0 Å². The average Bonchev–Trinajstić information content (AvgIpc) is 3.64. The molecule has 3 nitrogen and oxygen atoms in total. The second-order valence-corrected chi connectivity index (χ2v) is 11.7. The van der Waals surface area contributed by atoms with Crippen LogP contribution in [0.4, 0.5) is 5.69 Å². The Morgan fingerprint density at radius 1 is 0.348 bits per heavy atom. The third kappa shape index (κ3) is 4.05. The molecule has 9 rings (SSSR count). The van der Waals surface area contributed by atoms with Crippen molar-refractivity contribution in [2.45, 2.75) is 0 Å². The largest absolute Gasteiger partial charge is 0.309 e. The van der Waals surface area contributed by atoms with Gasteiger partial charge in [-0.1, -0.05) is 109 Å². The molecule has 9 aromatic rings. The Kier molecular flexibility index (Phi) is 5.88. The molecule has 7 aromatic carbocycles. The van der Waals surface area contributed by atoms with Crippen molar-refractivity contribution in [1.29, 1.82) is 0 Å². The molecule has 0 atom stereocenters. The van der Waals surface area contributed by atoms with Gasteiger partial charge in [-0.05, 0) is 76.9 Å². The normalized spacial score (nSPS) is 11.5. The van der Waals surface area contributed by atoms with Crippen molar-refractivity contribution in [2.75, 3.05) is 0 Å². The van der Waals surface area contributed by atoms with Gasteiger partial charge in [0.05, 0.1) is 28.6 Å². The molecule has 2 heterocycles. The number of hydrogen-bond acceptors (Lipinski definition) is 0. The summed E-state index contributed by atoms with van der Waals surface area (Å²) in [5, 5.41) is 4.90. The average molecular weight is 586 g/mol. The molecule has 0 saturated heterocycles. The molecule has 0 N–H and O–H groups in total. The summed E-state index contributed by atoms with van der Waals surface area (Å²) in [6.07, 6.45) is 0. The quantitative estimate of drug-likeness (QED) is 0.182. The van der Waals surface area contributed by atoms with Crippen LogP contribution >= 0.6 is 0 Å². The van der Waals surface area contributed by atoms with E-state index in [0.29, 0.717) is 5.69 Å². The number of aromatic nitrogens is 2. The fraction of sp³-hybridized carbons (Fsp3) is 0. The van der Waals surface area contributed by atoms with E-state index in [1.54, 1.807) is 0 Å². The number of fused-ring (bicyclic) bond motifs is 6. The van der Waals surface area contributed by atoms with Gasteiger partial charge in [0.25, 0.3) is 0 Å². The van der Waals surface area contributed by atoms with Crippen molar-refractivity contribution >= 4 is 49.3 Å². The van der Waals surface area contributed by atoms with Crippen LogP contribution in [0.25, 0.3) is 82.1 Å². The third-order valence-corrected chi connectivity index (χ3v) is 9.13. The molecule has 0 amide bonds. The summed E-state index contributed by atoms with van der Waals surface area (Å²) < 4.78 is 4.70. The van der Waals surface area contributed by atoms with Crippen molar-refractivity contribution in [1.82, 2.24) is 9.13 Å². The standard InChI is InChI=1S/C43H27N3/c1-44-33-19-21-35(22-20-33)45-40-15-9-8-14-36(40)39-26-30(18-25-41(39)45)32-17-24-38-37-23-16-31(29-10-4-2-5-11-29)27-42(37)46(43(38)28-32)34-12-6-3-7-13-34/h2-28H. The summed E-state index contributed by atoms with van der Waals surface area (Å²) in [7, 11) is 0. The van der Waals surface area contributed by atoms with Crippen molar-refractivity contribution < 1.29 is 0 Å². The zero-order valence-electron chi connectivity index (χ0n) is 24.9. The first-order valence-electron chi connectivity index (χ1n) is 15.5. The van der Waals surface area contributed by atoms with Crippen molar-refractivity contribution in [3.05, 3.63) is 175 Å². The van der Waals surface area contributed by atoms with Gasteiger partial charge in [-0.25, -0.2) is 4.85 Å². The molecule has 0 radical (unpaired) electrons. The molecule has 0 bridgehead atoms. The summed E-state index contributed by atoms with van der Waals surface area (Å²) >= 11 is 0. The van der Waals surface area contributed by atoms with E-state index in [0.717, 1.165) is 22.4 Å². The van der Waals surface area contributed by atoms with Crippen LogP contribution in [0.15, 0.2) is 164 Å². The lowest BCUT2D eigenvalue weighted by atomic mass is 10.0. The van der Waals surface area contributed by atoms with Crippen LogP contribution in [0, 0.1) is 6.57 Å². The van der Waals surface area contributed by atoms with E-state index in [9.17, 15) is 0 Å². The molecular formula is C43H27N3. The Morgan fingerprint density at radius 3 is 1.54 bits per heavy atom. The highest BCUT2D eigenvalue weighted by molar-refractivity contribution is 6.13. The van der Waals surface area contributed by atoms with Gasteiger partial charge in [0.15, 0.2) is 5.69 Å². The first-order chi connectivity index (χ1) is 22.8. The molecule has 0 unspecified atom stereocenters. The highest BCUT2D eigenvalue weighted by atomic mass is 15.0. The molecule has 0 aliphatic carbocycles. The molecular weight excluding hydrogens is 558 g/mol. The Bertz CT molecular complexity index is 2620. The molecule has 0 fully saturated rings. The Labute approximate surface area is 266 Å². The number of para-hydroxylation sites is 2. The van der Waals surface area contributed by atoms with E-state index in [1.165, 1.54) is 54.8 Å². The van der Waals surface area contributed by atoms with Crippen LogP contribution in [-0.4, -0.2) is 9.13 Å². The number of hydrogen-bond donors (Lipinski definition) is 0. The molecule has 3 heteroatoms. The minimum absolute atomic E-state index is 0.645. The van der Waals surface area contributed by atoms with Crippen LogP contribution in [0.5, 0.6) is 0 Å². The van der Waals surface area contributed by atoms with Gasteiger partial charge in [0.2, 0.25) is 0 Å². The second kappa shape index (κ2) is 10.4. The van der Waals surface area contributed by atoms with E-state index in [-0.39, 0.29) is 0 Å². The Hall–Kier alpha value is -6.37. The predicted octanol–water partition coefficient (Wildman–Crippen LogP) is 11.8. The summed E-state index contributed by atoms with van der Waals surface area (Å²) in [4.78, 5) is 3.58. The zero-order chi connectivity index (χ0) is 30.6. The maximum atomic E-state index is 7.36. The summed E-state index contributed by atoms with van der Waals surface area (Å²) in [6, 6.07) is 58.2. The number of benzene rings is 7. The third-order valence-electron chi connectivity index (χ3n) is 9.13. The number of rotatable bonds is 4. The predicted molar refractivity (Wildman–Crippen MR) is 192 cm³/mol. The minimum Gasteiger partial charge on any atom is -0.309 e. The highest BCUT2D eigenvalue weighted by Gasteiger charge is 2.16. The zero-order valence-corrected chi connectivity index (χ0v) is 24.9. The summed E-state index contributed by atoms with van der Waals surface area (Å²) in [5.41, 5.74) is 12.3. The molecule has 0 saturated carbocycles. The summed E-state index contributed by atoms with van der Waals surface area (Å²) in [6.45, 7) is 7.36. The lowest BCUT2D eigenvalue weighted by molar-refractivity contribution is 1.18. The molecule has 0 spiro atoms. The fourth-order valence-electron chi connectivity index (χ4n) is 6.97. The monoisotopic (exact) mass is 585 g/mol. The lowest BCUT2D eigenvalue weighted by Crippen LogP contribution is -1.94. The fourth-order valence-corrected chi connectivity index (χ4v) is 6.97. The lowest BCUT2D eigenvalue weighted by Gasteiger charge is -2.10. The van der Waals surface area contributed by atoms with Crippen molar-refractivity contribution in [3.63, 3.8) is 0 Å². The molecule has 0 aliphatic rings. The topological polar surface area (TPSA) is 14.2 Å². The first kappa shape index (κ1) is 26.1. The van der Waals surface area contributed by atoms with Crippen LogP contribution in [0.3, 0.4) is 0 Å². The van der Waals surface area contributed by atoms with Crippen LogP contribution in [0.1, 0.15) is 0 Å². The molecule has 2 aromatic heterocycles. The highest BCUT2D eigenvalue weighted by Crippen LogP contribution is 2.39. The van der Waals surface area contributed by atoms with E-state index < -0.39 is 0 Å². The van der Waals surface area contributed by atoms with Crippen LogP contribution < -0.4 is 0 Å². The number of nitrogens with zero attached hydrogens (tertiary/aromatic N) is 3. The SMILES string of the molecule is [C-]#[N+]c1ccc(-n2c3ccccc3c3cc(-c4ccc5c6ccc(-c7ccccc7)cc6n(-c6ccccc6)c5c4)ccc32)cc1. The molecule has 0 aliphatic heterocycles. The first-order valence-corrected chi connectivity index (χ1v) is 15.5. The van der Waals surface area contributed by atoms with Crippen LogP contribution in [-0.2, 0) is 0 Å². The smallest absolute Gasteiger partial charge is 0.187 e. The Morgan fingerprint density at radius 2 is 0.848 bits per heavy atom. The van der Waals surface area contributed by atoms with Gasteiger partial charge < -0.3 is 9.13 Å². The van der Waals surface area contributed by atoms with Gasteiger partial charge in [0, 0.05) is 32.9 Å². The van der Waals surface area contributed by atoms with Crippen molar-refractivity contribution in [3.8, 4) is 33.6 Å². The van der Waals surface area contributed by atoms with E-state index in [4.69, 9.17) is 6.57 Å². The molecule has 46 heavy (non-hydrogen) atoms. The maximum Gasteiger partial charge on any atom is 0.187 e. The summed E-state index contributed by atoms with van der Waals surface area (Å²) in [5.74, 6) is 0. The Balaban J connectivity index is 1.26. The minimum atomic E-state index is 0.645. The van der Waals surface area contributed by atoms with E-state index in [2.05, 4.69) is 154 Å². The van der Waals surface area contributed by atoms with E-state index >= 15 is 0 Å². The van der Waals surface area contributed by atoms with E-state index in [1.807, 2.05) is 24.3 Å². The second-order valence-electron chi connectivity index (χ2n) is 11.7. The molecule has 214 valence electrons. The van der Waals surface area contributed by atoms with Crippen LogP contribution in [0.2, 0.25) is 0 Å².